The molecule has 0 spiro atoms. The number of carbonyl (C=O) groups excluding carboxylic acids is 1. The summed E-state index contributed by atoms with van der Waals surface area (Å²) in [6, 6.07) is 6.36. The highest BCUT2D eigenvalue weighted by molar-refractivity contribution is 6.30. The molecule has 5 heteroatoms. The van der Waals surface area contributed by atoms with Gasteiger partial charge in [-0.05, 0) is 57.4 Å². The molecule has 0 radical (unpaired) electrons. The first-order valence-corrected chi connectivity index (χ1v) is 7.60. The summed E-state index contributed by atoms with van der Waals surface area (Å²) in [6.07, 6.45) is 0.589. The van der Waals surface area contributed by atoms with Gasteiger partial charge in [0.05, 0.1) is 0 Å². The molecule has 2 rings (SSSR count). The van der Waals surface area contributed by atoms with Crippen LogP contribution in [0.4, 0.5) is 4.79 Å². The van der Waals surface area contributed by atoms with Crippen LogP contribution in [0.1, 0.15) is 38.3 Å². The second-order valence-electron chi connectivity index (χ2n) is 6.55. The number of aryl methyl sites for hydroxylation is 1. The zero-order valence-corrected chi connectivity index (χ0v) is 13.8. The SMILES string of the molecule is Cc1cc(Cl)ccc1CNC1CC1NC(=O)OC(C)(C)C. The van der Waals surface area contributed by atoms with Gasteiger partial charge in [0, 0.05) is 23.7 Å². The first kappa shape index (κ1) is 16.1. The maximum Gasteiger partial charge on any atom is 0.407 e. The lowest BCUT2D eigenvalue weighted by molar-refractivity contribution is 0.0522. The first-order chi connectivity index (χ1) is 9.74. The molecule has 2 N–H and O–H groups in total. The molecular weight excluding hydrogens is 288 g/mol. The number of ether oxygens (including phenoxy) is 1. The van der Waals surface area contributed by atoms with Gasteiger partial charge >= 0.3 is 6.09 Å². The molecule has 116 valence electrons. The predicted molar refractivity (Wildman–Crippen MR) is 84.6 cm³/mol. The first-order valence-electron chi connectivity index (χ1n) is 7.22. The van der Waals surface area contributed by atoms with Crippen LogP contribution in [-0.2, 0) is 11.3 Å². The minimum absolute atomic E-state index is 0.160. The third-order valence-electron chi connectivity index (χ3n) is 3.35. The lowest BCUT2D eigenvalue weighted by atomic mass is 10.1. The smallest absolute Gasteiger partial charge is 0.407 e. The van der Waals surface area contributed by atoms with Crippen LogP contribution in [0.25, 0.3) is 0 Å². The number of benzene rings is 1. The average Bonchev–Trinajstić information content (AvgIpc) is 3.03. The average molecular weight is 311 g/mol. The number of rotatable bonds is 4. The Balaban J connectivity index is 1.74. The monoisotopic (exact) mass is 310 g/mol. The van der Waals surface area contributed by atoms with E-state index in [1.54, 1.807) is 0 Å². The van der Waals surface area contributed by atoms with Gasteiger partial charge in [-0.1, -0.05) is 17.7 Å². The molecule has 1 aromatic carbocycles. The second-order valence-corrected chi connectivity index (χ2v) is 6.98. The Hall–Kier alpha value is -1.26. The van der Waals surface area contributed by atoms with Crippen molar-refractivity contribution in [2.45, 2.75) is 58.3 Å². The van der Waals surface area contributed by atoms with Crippen molar-refractivity contribution in [3.63, 3.8) is 0 Å². The molecule has 21 heavy (non-hydrogen) atoms. The molecule has 1 fully saturated rings. The van der Waals surface area contributed by atoms with E-state index in [4.69, 9.17) is 16.3 Å². The van der Waals surface area contributed by atoms with Crippen molar-refractivity contribution in [1.82, 2.24) is 10.6 Å². The summed E-state index contributed by atoms with van der Waals surface area (Å²) in [5.41, 5.74) is 1.94. The fourth-order valence-corrected chi connectivity index (χ4v) is 2.36. The maximum absolute atomic E-state index is 11.6. The maximum atomic E-state index is 11.6. The van der Waals surface area contributed by atoms with Crippen molar-refractivity contribution in [3.8, 4) is 0 Å². The molecule has 1 aliphatic rings. The van der Waals surface area contributed by atoms with Crippen molar-refractivity contribution >= 4 is 17.7 Å². The van der Waals surface area contributed by atoms with E-state index in [9.17, 15) is 4.79 Å². The molecule has 0 heterocycles. The van der Waals surface area contributed by atoms with Crippen LogP contribution < -0.4 is 10.6 Å². The number of nitrogens with one attached hydrogen (secondary N) is 2. The number of amides is 1. The molecule has 4 nitrogen and oxygen atoms in total. The summed E-state index contributed by atoms with van der Waals surface area (Å²) in [4.78, 5) is 11.6. The van der Waals surface area contributed by atoms with Crippen LogP contribution in [0, 0.1) is 6.92 Å². The van der Waals surface area contributed by atoms with Crippen molar-refractivity contribution < 1.29 is 9.53 Å². The van der Waals surface area contributed by atoms with Gasteiger partial charge in [0.25, 0.3) is 0 Å². The van der Waals surface area contributed by atoms with E-state index in [-0.39, 0.29) is 12.1 Å². The quantitative estimate of drug-likeness (QED) is 0.896. The second kappa shape index (κ2) is 6.24. The van der Waals surface area contributed by atoms with E-state index in [0.717, 1.165) is 18.0 Å². The van der Waals surface area contributed by atoms with Gasteiger partial charge in [-0.15, -0.1) is 0 Å². The van der Waals surface area contributed by atoms with E-state index in [0.29, 0.717) is 6.04 Å². The molecular formula is C16H23ClN2O2. The number of hydrogen-bond acceptors (Lipinski definition) is 3. The molecule has 2 atom stereocenters. The minimum Gasteiger partial charge on any atom is -0.444 e. The van der Waals surface area contributed by atoms with Crippen LogP contribution in [0.2, 0.25) is 5.02 Å². The van der Waals surface area contributed by atoms with Crippen LogP contribution in [0.5, 0.6) is 0 Å². The Kier molecular flexibility index (Phi) is 4.79. The molecule has 0 bridgehead atoms. The summed E-state index contributed by atoms with van der Waals surface area (Å²) in [5.74, 6) is 0. The topological polar surface area (TPSA) is 50.4 Å². The van der Waals surface area contributed by atoms with Gasteiger partial charge in [-0.2, -0.15) is 0 Å². The highest BCUT2D eigenvalue weighted by Gasteiger charge is 2.38. The number of hydrogen-bond donors (Lipinski definition) is 2. The van der Waals surface area contributed by atoms with Gasteiger partial charge in [0.1, 0.15) is 5.60 Å². The Bertz CT molecular complexity index is 525. The van der Waals surface area contributed by atoms with Crippen molar-refractivity contribution in [2.24, 2.45) is 0 Å². The Labute approximate surface area is 131 Å². The third kappa shape index (κ3) is 5.21. The van der Waals surface area contributed by atoms with E-state index in [1.807, 2.05) is 45.9 Å². The molecule has 1 aromatic rings. The largest absolute Gasteiger partial charge is 0.444 e. The highest BCUT2D eigenvalue weighted by atomic mass is 35.5. The number of halogens is 1. The van der Waals surface area contributed by atoms with Gasteiger partial charge in [0.2, 0.25) is 0 Å². The standard InChI is InChI=1S/C16H23ClN2O2/c1-10-7-12(17)6-5-11(10)9-18-13-8-14(13)19-15(20)21-16(2,3)4/h5-7,13-14,18H,8-9H2,1-4H3,(H,19,20). The van der Waals surface area contributed by atoms with Gasteiger partial charge < -0.3 is 15.4 Å². The van der Waals surface area contributed by atoms with E-state index in [1.165, 1.54) is 11.1 Å². The van der Waals surface area contributed by atoms with Crippen LogP contribution >= 0.6 is 11.6 Å². The zero-order valence-electron chi connectivity index (χ0n) is 13.0. The van der Waals surface area contributed by atoms with E-state index in [2.05, 4.69) is 10.6 Å². The molecule has 1 saturated carbocycles. The van der Waals surface area contributed by atoms with E-state index < -0.39 is 5.60 Å². The molecule has 2 unspecified atom stereocenters. The molecule has 0 saturated heterocycles. The summed E-state index contributed by atoms with van der Waals surface area (Å²) in [6.45, 7) is 8.40. The molecule has 1 amide bonds. The van der Waals surface area contributed by atoms with E-state index >= 15 is 0 Å². The van der Waals surface area contributed by atoms with Crippen LogP contribution in [0.15, 0.2) is 18.2 Å². The third-order valence-corrected chi connectivity index (χ3v) is 3.59. The highest BCUT2D eigenvalue weighted by Crippen LogP contribution is 2.23. The van der Waals surface area contributed by atoms with Gasteiger partial charge in [0.15, 0.2) is 0 Å². The zero-order chi connectivity index (χ0) is 15.6. The Morgan fingerprint density at radius 2 is 2.10 bits per heavy atom. The number of carbonyl (C=O) groups is 1. The van der Waals surface area contributed by atoms with Crippen LogP contribution in [0.3, 0.4) is 0 Å². The summed E-state index contributed by atoms with van der Waals surface area (Å²) < 4.78 is 5.24. The van der Waals surface area contributed by atoms with Gasteiger partial charge in [-0.3, -0.25) is 0 Å². The summed E-state index contributed by atoms with van der Waals surface area (Å²) >= 11 is 5.94. The molecule has 0 aliphatic heterocycles. The lowest BCUT2D eigenvalue weighted by Crippen LogP contribution is -2.36. The van der Waals surface area contributed by atoms with Gasteiger partial charge in [-0.25, -0.2) is 4.79 Å². The normalized spacial score (nSPS) is 21.0. The lowest BCUT2D eigenvalue weighted by Gasteiger charge is -2.19. The Morgan fingerprint density at radius 3 is 2.71 bits per heavy atom. The summed E-state index contributed by atoms with van der Waals surface area (Å²) in [5, 5.41) is 7.07. The summed E-state index contributed by atoms with van der Waals surface area (Å²) in [7, 11) is 0. The van der Waals surface area contributed by atoms with Crippen molar-refractivity contribution in [2.75, 3.05) is 0 Å². The minimum atomic E-state index is -0.456. The fourth-order valence-electron chi connectivity index (χ4n) is 2.14. The molecule has 0 aromatic heterocycles. The van der Waals surface area contributed by atoms with Crippen molar-refractivity contribution in [3.05, 3.63) is 34.3 Å². The predicted octanol–water partition coefficient (Wildman–Crippen LogP) is 3.40. The number of alkyl carbamates (subject to hydrolysis) is 1. The Morgan fingerprint density at radius 1 is 1.38 bits per heavy atom. The fraction of sp³-hybridized carbons (Fsp3) is 0.562. The van der Waals surface area contributed by atoms with Crippen LogP contribution in [-0.4, -0.2) is 23.8 Å². The van der Waals surface area contributed by atoms with Crippen molar-refractivity contribution in [1.29, 1.82) is 0 Å². The molecule has 1 aliphatic carbocycles.